The summed E-state index contributed by atoms with van der Waals surface area (Å²) in [6, 6.07) is 9.59. The van der Waals surface area contributed by atoms with E-state index in [1.165, 1.54) is 22.8 Å². The van der Waals surface area contributed by atoms with Crippen LogP contribution < -0.4 is 5.32 Å². The third kappa shape index (κ3) is 3.45. The minimum absolute atomic E-state index is 0.0262. The van der Waals surface area contributed by atoms with Gasteiger partial charge in [-0.3, -0.25) is 0 Å². The van der Waals surface area contributed by atoms with Gasteiger partial charge in [0.2, 0.25) is 0 Å². The molecule has 0 bridgehead atoms. The molecule has 1 unspecified atom stereocenters. The second-order valence-electron chi connectivity index (χ2n) is 5.47. The fraction of sp³-hybridized carbons (Fsp3) is 0.333. The van der Waals surface area contributed by atoms with E-state index >= 15 is 0 Å². The average Bonchev–Trinajstić information content (AvgIpc) is 2.43. The molecule has 2 aromatic carbocycles. The zero-order valence-corrected chi connectivity index (χ0v) is 13.7. The van der Waals surface area contributed by atoms with Crippen LogP contribution in [0.5, 0.6) is 0 Å². The fourth-order valence-corrected chi connectivity index (χ4v) is 2.82. The zero-order chi connectivity index (χ0) is 15.6. The molecular formula is C18H21ClFN. The van der Waals surface area contributed by atoms with Gasteiger partial charge in [-0.25, -0.2) is 4.39 Å². The van der Waals surface area contributed by atoms with E-state index in [0.29, 0.717) is 10.6 Å². The van der Waals surface area contributed by atoms with E-state index < -0.39 is 0 Å². The highest BCUT2D eigenvalue weighted by molar-refractivity contribution is 6.31. The zero-order valence-electron chi connectivity index (χ0n) is 12.9. The highest BCUT2D eigenvalue weighted by Crippen LogP contribution is 2.32. The summed E-state index contributed by atoms with van der Waals surface area (Å²) < 4.78 is 13.6. The van der Waals surface area contributed by atoms with Gasteiger partial charge >= 0.3 is 0 Å². The molecule has 2 rings (SSSR count). The Morgan fingerprint density at radius 1 is 1.05 bits per heavy atom. The van der Waals surface area contributed by atoms with Crippen molar-refractivity contribution in [2.24, 2.45) is 0 Å². The Balaban J connectivity index is 2.58. The summed E-state index contributed by atoms with van der Waals surface area (Å²) >= 11 is 6.29. The number of hydrogen-bond donors (Lipinski definition) is 1. The van der Waals surface area contributed by atoms with Crippen molar-refractivity contribution in [2.45, 2.75) is 33.7 Å². The summed E-state index contributed by atoms with van der Waals surface area (Å²) in [5.74, 6) is -0.264. The Labute approximate surface area is 131 Å². The number of rotatable bonds is 4. The monoisotopic (exact) mass is 305 g/mol. The molecule has 3 heteroatoms. The van der Waals surface area contributed by atoms with E-state index in [1.807, 2.05) is 6.07 Å². The van der Waals surface area contributed by atoms with E-state index in [1.54, 1.807) is 6.92 Å². The van der Waals surface area contributed by atoms with Gasteiger partial charge in [0.15, 0.2) is 0 Å². The standard InChI is InChI=1S/C18H21ClFN/c1-5-21-18(14-8-11(2)6-7-12(14)3)15-9-13(4)17(20)10-16(15)19/h6-10,18,21H,5H2,1-4H3. The van der Waals surface area contributed by atoms with E-state index in [9.17, 15) is 4.39 Å². The Bertz CT molecular complexity index is 652. The van der Waals surface area contributed by atoms with Crippen molar-refractivity contribution in [3.05, 3.63) is 69.0 Å². The van der Waals surface area contributed by atoms with Crippen LogP contribution in [0.15, 0.2) is 30.3 Å². The van der Waals surface area contributed by atoms with Gasteiger partial charge in [-0.15, -0.1) is 0 Å². The van der Waals surface area contributed by atoms with Crippen molar-refractivity contribution in [3.63, 3.8) is 0 Å². The predicted octanol–water partition coefficient (Wildman–Crippen LogP) is 5.10. The van der Waals surface area contributed by atoms with Gasteiger partial charge in [0.1, 0.15) is 5.82 Å². The topological polar surface area (TPSA) is 12.0 Å². The summed E-state index contributed by atoms with van der Waals surface area (Å²) in [5, 5.41) is 3.93. The minimum atomic E-state index is -0.264. The Morgan fingerprint density at radius 3 is 2.43 bits per heavy atom. The first kappa shape index (κ1) is 16.0. The lowest BCUT2D eigenvalue weighted by molar-refractivity contribution is 0.605. The Kier molecular flexibility index (Phi) is 5.02. The second-order valence-corrected chi connectivity index (χ2v) is 5.88. The van der Waals surface area contributed by atoms with Crippen molar-refractivity contribution in [1.82, 2.24) is 5.32 Å². The molecule has 0 saturated heterocycles. The van der Waals surface area contributed by atoms with Crippen LogP contribution in [0.4, 0.5) is 4.39 Å². The molecule has 0 spiro atoms. The SMILES string of the molecule is CCNC(c1cc(C)ccc1C)c1cc(C)c(F)cc1Cl. The first-order valence-electron chi connectivity index (χ1n) is 7.20. The van der Waals surface area contributed by atoms with Crippen LogP contribution in [-0.2, 0) is 0 Å². The molecule has 0 saturated carbocycles. The van der Waals surface area contributed by atoms with Gasteiger partial charge in [-0.2, -0.15) is 0 Å². The van der Waals surface area contributed by atoms with Crippen LogP contribution in [0.25, 0.3) is 0 Å². The first-order chi connectivity index (χ1) is 9.93. The van der Waals surface area contributed by atoms with Crippen LogP contribution >= 0.6 is 11.6 Å². The number of benzene rings is 2. The van der Waals surface area contributed by atoms with Crippen molar-refractivity contribution in [2.75, 3.05) is 6.54 Å². The third-order valence-electron chi connectivity index (χ3n) is 3.74. The Morgan fingerprint density at radius 2 is 1.76 bits per heavy atom. The summed E-state index contributed by atoms with van der Waals surface area (Å²) in [6.07, 6.45) is 0. The minimum Gasteiger partial charge on any atom is -0.306 e. The van der Waals surface area contributed by atoms with Gasteiger partial charge < -0.3 is 5.32 Å². The molecule has 0 aliphatic rings. The maximum absolute atomic E-state index is 13.6. The molecular weight excluding hydrogens is 285 g/mol. The summed E-state index contributed by atoms with van der Waals surface area (Å²) in [7, 11) is 0. The van der Waals surface area contributed by atoms with Crippen LogP contribution in [0.2, 0.25) is 5.02 Å². The molecule has 0 aliphatic heterocycles. The van der Waals surface area contributed by atoms with Gasteiger partial charge in [-0.05, 0) is 61.7 Å². The third-order valence-corrected chi connectivity index (χ3v) is 4.07. The molecule has 0 fully saturated rings. The van der Waals surface area contributed by atoms with Crippen molar-refractivity contribution in [1.29, 1.82) is 0 Å². The smallest absolute Gasteiger partial charge is 0.127 e. The normalized spacial score (nSPS) is 12.5. The second kappa shape index (κ2) is 6.59. The van der Waals surface area contributed by atoms with Crippen molar-refractivity contribution >= 4 is 11.6 Å². The first-order valence-corrected chi connectivity index (χ1v) is 7.58. The van der Waals surface area contributed by atoms with Gasteiger partial charge in [0, 0.05) is 5.02 Å². The van der Waals surface area contributed by atoms with Gasteiger partial charge in [0.05, 0.1) is 6.04 Å². The maximum atomic E-state index is 13.6. The number of nitrogens with one attached hydrogen (secondary N) is 1. The highest BCUT2D eigenvalue weighted by Gasteiger charge is 2.19. The average molecular weight is 306 g/mol. The molecule has 0 amide bonds. The van der Waals surface area contributed by atoms with Crippen LogP contribution in [0.1, 0.15) is 40.8 Å². The lowest BCUT2D eigenvalue weighted by Gasteiger charge is -2.23. The molecule has 1 atom stereocenters. The lowest BCUT2D eigenvalue weighted by Crippen LogP contribution is -2.23. The van der Waals surface area contributed by atoms with Crippen molar-refractivity contribution in [3.8, 4) is 0 Å². The summed E-state index contributed by atoms with van der Waals surface area (Å²) in [5.41, 5.74) is 5.12. The molecule has 1 nitrogen and oxygen atoms in total. The van der Waals surface area contributed by atoms with E-state index in [4.69, 9.17) is 11.6 Å². The summed E-state index contributed by atoms with van der Waals surface area (Å²) in [4.78, 5) is 0. The quantitative estimate of drug-likeness (QED) is 0.828. The molecule has 0 aromatic heterocycles. The molecule has 0 radical (unpaired) electrons. The molecule has 112 valence electrons. The Hall–Kier alpha value is -1.38. The maximum Gasteiger partial charge on any atom is 0.127 e. The van der Waals surface area contributed by atoms with Crippen LogP contribution in [0.3, 0.4) is 0 Å². The van der Waals surface area contributed by atoms with Gasteiger partial charge in [0.25, 0.3) is 0 Å². The van der Waals surface area contributed by atoms with Crippen LogP contribution in [-0.4, -0.2) is 6.54 Å². The highest BCUT2D eigenvalue weighted by atomic mass is 35.5. The van der Waals surface area contributed by atoms with Crippen molar-refractivity contribution < 1.29 is 4.39 Å². The molecule has 21 heavy (non-hydrogen) atoms. The van der Waals surface area contributed by atoms with Crippen LogP contribution in [0, 0.1) is 26.6 Å². The van der Waals surface area contributed by atoms with E-state index in [2.05, 4.69) is 44.3 Å². The van der Waals surface area contributed by atoms with E-state index in [-0.39, 0.29) is 11.9 Å². The molecule has 1 N–H and O–H groups in total. The van der Waals surface area contributed by atoms with E-state index in [0.717, 1.165) is 12.1 Å². The molecule has 0 aliphatic carbocycles. The fourth-order valence-electron chi connectivity index (χ4n) is 2.56. The predicted molar refractivity (Wildman–Crippen MR) is 87.6 cm³/mol. The number of halogens is 2. The number of aryl methyl sites for hydroxylation is 3. The summed E-state index contributed by atoms with van der Waals surface area (Å²) in [6.45, 7) is 8.79. The molecule has 0 heterocycles. The molecule has 2 aromatic rings. The lowest BCUT2D eigenvalue weighted by atomic mass is 9.92. The number of hydrogen-bond acceptors (Lipinski definition) is 1. The largest absolute Gasteiger partial charge is 0.306 e. The van der Waals surface area contributed by atoms with Gasteiger partial charge in [-0.1, -0.05) is 42.3 Å².